The Bertz CT molecular complexity index is 1350. The van der Waals surface area contributed by atoms with Crippen LogP contribution in [0.4, 0.5) is 10.1 Å². The van der Waals surface area contributed by atoms with Crippen LogP contribution in [0, 0.1) is 12.7 Å². The Morgan fingerprint density at radius 3 is 2.18 bits per heavy atom. The molecule has 202 valence electrons. The summed E-state index contributed by atoms with van der Waals surface area (Å²) in [4.78, 5) is 28.3. The minimum absolute atomic E-state index is 0.0748. The molecule has 7 nitrogen and oxygen atoms in total. The third-order valence-corrected chi connectivity index (χ3v) is 8.04. The molecule has 0 aliphatic carbocycles. The third-order valence-electron chi connectivity index (χ3n) is 6.27. The van der Waals surface area contributed by atoms with Crippen LogP contribution in [0.15, 0.2) is 83.8 Å². The fourth-order valence-corrected chi connectivity index (χ4v) is 5.59. The maximum atomic E-state index is 14.9. The van der Waals surface area contributed by atoms with Crippen molar-refractivity contribution < 1.29 is 22.4 Å². The van der Waals surface area contributed by atoms with Gasteiger partial charge in [0.15, 0.2) is 0 Å². The van der Waals surface area contributed by atoms with Crippen molar-refractivity contribution in [3.63, 3.8) is 0 Å². The highest BCUT2D eigenvalue weighted by Gasteiger charge is 2.34. The quantitative estimate of drug-likeness (QED) is 0.363. The average Bonchev–Trinajstić information content (AvgIpc) is 2.92. The lowest BCUT2D eigenvalue weighted by molar-refractivity contribution is -0.140. The van der Waals surface area contributed by atoms with Crippen LogP contribution >= 0.6 is 0 Å². The first-order chi connectivity index (χ1) is 18.2. The van der Waals surface area contributed by atoms with Gasteiger partial charge in [0.05, 0.1) is 10.6 Å². The van der Waals surface area contributed by atoms with Gasteiger partial charge in [0.2, 0.25) is 11.8 Å². The molecule has 1 N–H and O–H groups in total. The zero-order chi connectivity index (χ0) is 27.7. The molecule has 0 aliphatic rings. The predicted molar refractivity (Wildman–Crippen MR) is 146 cm³/mol. The highest BCUT2D eigenvalue weighted by Crippen LogP contribution is 2.27. The molecule has 0 heterocycles. The summed E-state index contributed by atoms with van der Waals surface area (Å²) in [6.45, 7) is 5.50. The van der Waals surface area contributed by atoms with Crippen molar-refractivity contribution in [1.82, 2.24) is 10.2 Å². The Morgan fingerprint density at radius 1 is 0.921 bits per heavy atom. The summed E-state index contributed by atoms with van der Waals surface area (Å²) in [5.74, 6) is -1.72. The fourth-order valence-electron chi connectivity index (χ4n) is 4.14. The Kier molecular flexibility index (Phi) is 10.0. The van der Waals surface area contributed by atoms with Gasteiger partial charge in [-0.05, 0) is 55.2 Å². The van der Waals surface area contributed by atoms with E-state index in [4.69, 9.17) is 0 Å². The second-order valence-electron chi connectivity index (χ2n) is 8.94. The number of carbonyl (C=O) groups excluding carboxylic acids is 2. The molecule has 0 aromatic heterocycles. The fraction of sp³-hybridized carbons (Fsp3) is 0.310. The van der Waals surface area contributed by atoms with Crippen LogP contribution in [-0.2, 0) is 26.2 Å². The monoisotopic (exact) mass is 539 g/mol. The molecule has 0 fully saturated rings. The lowest BCUT2D eigenvalue weighted by Gasteiger charge is -2.33. The molecular weight excluding hydrogens is 505 g/mol. The normalized spacial score (nSPS) is 12.0. The highest BCUT2D eigenvalue weighted by molar-refractivity contribution is 7.92. The molecule has 0 aliphatic heterocycles. The second kappa shape index (κ2) is 13.2. The van der Waals surface area contributed by atoms with Crippen LogP contribution in [0.25, 0.3) is 0 Å². The van der Waals surface area contributed by atoms with Crippen LogP contribution in [0.3, 0.4) is 0 Å². The Hall–Kier alpha value is -3.72. The standard InChI is InChI=1S/C29H34FN3O4S/c1-4-19-31-29(35)26(5-2)32(20-23-14-10-9-13-22(23)3)28(34)21-33(27-18-12-11-17-25(27)30)38(36,37)24-15-7-6-8-16-24/h6-18,26H,4-5,19-21H2,1-3H3,(H,31,35)/t26-/m1/s1. The Balaban J connectivity index is 2.06. The molecule has 2 amide bonds. The van der Waals surface area contributed by atoms with Crippen LogP contribution < -0.4 is 9.62 Å². The van der Waals surface area contributed by atoms with Gasteiger partial charge in [0.1, 0.15) is 18.4 Å². The second-order valence-corrected chi connectivity index (χ2v) is 10.8. The molecule has 0 spiro atoms. The van der Waals surface area contributed by atoms with Crippen LogP contribution in [-0.4, -0.2) is 44.3 Å². The van der Waals surface area contributed by atoms with E-state index in [1.807, 2.05) is 38.1 Å². The number of hydrogen-bond acceptors (Lipinski definition) is 4. The van der Waals surface area contributed by atoms with Gasteiger partial charge in [0.25, 0.3) is 10.0 Å². The summed E-state index contributed by atoms with van der Waals surface area (Å²) < 4.78 is 43.1. The minimum atomic E-state index is -4.31. The van der Waals surface area contributed by atoms with Gasteiger partial charge in [0, 0.05) is 13.1 Å². The number of halogens is 1. The van der Waals surface area contributed by atoms with E-state index >= 15 is 0 Å². The minimum Gasteiger partial charge on any atom is -0.354 e. The highest BCUT2D eigenvalue weighted by atomic mass is 32.2. The van der Waals surface area contributed by atoms with E-state index in [0.717, 1.165) is 27.9 Å². The zero-order valence-electron chi connectivity index (χ0n) is 21.9. The van der Waals surface area contributed by atoms with Crippen molar-refractivity contribution in [1.29, 1.82) is 0 Å². The summed E-state index contributed by atoms with van der Waals surface area (Å²) in [5.41, 5.74) is 1.51. The van der Waals surface area contributed by atoms with Gasteiger partial charge in [-0.25, -0.2) is 12.8 Å². The number of amides is 2. The van der Waals surface area contributed by atoms with Crippen molar-refractivity contribution in [3.05, 3.63) is 95.8 Å². The van der Waals surface area contributed by atoms with Gasteiger partial charge in [-0.15, -0.1) is 0 Å². The largest absolute Gasteiger partial charge is 0.354 e. The number of nitrogens with zero attached hydrogens (tertiary/aromatic N) is 2. The smallest absolute Gasteiger partial charge is 0.264 e. The van der Waals surface area contributed by atoms with Gasteiger partial charge in [-0.2, -0.15) is 0 Å². The summed E-state index contributed by atoms with van der Waals surface area (Å²) in [6, 6.07) is 19.6. The Morgan fingerprint density at radius 2 is 1.55 bits per heavy atom. The summed E-state index contributed by atoms with van der Waals surface area (Å²) in [6.07, 6.45) is 1.04. The molecule has 9 heteroatoms. The van der Waals surface area contributed by atoms with E-state index in [0.29, 0.717) is 13.0 Å². The van der Waals surface area contributed by atoms with Crippen molar-refractivity contribution >= 4 is 27.5 Å². The maximum Gasteiger partial charge on any atom is 0.264 e. The zero-order valence-corrected chi connectivity index (χ0v) is 22.7. The summed E-state index contributed by atoms with van der Waals surface area (Å²) in [5, 5.41) is 2.84. The summed E-state index contributed by atoms with van der Waals surface area (Å²) >= 11 is 0. The molecule has 3 aromatic rings. The number of para-hydroxylation sites is 1. The van der Waals surface area contributed by atoms with Crippen LogP contribution in [0.5, 0.6) is 0 Å². The molecular formula is C29H34FN3O4S. The lowest BCUT2D eigenvalue weighted by atomic mass is 10.1. The molecule has 0 radical (unpaired) electrons. The first-order valence-corrected chi connectivity index (χ1v) is 14.1. The van der Waals surface area contributed by atoms with Gasteiger partial charge >= 0.3 is 0 Å². The first-order valence-electron chi connectivity index (χ1n) is 12.6. The topological polar surface area (TPSA) is 86.8 Å². The SMILES string of the molecule is CCCNC(=O)[C@@H](CC)N(Cc1ccccc1C)C(=O)CN(c1ccccc1F)S(=O)(=O)c1ccccc1. The molecule has 0 bridgehead atoms. The number of anilines is 1. The van der Waals surface area contributed by atoms with Crippen molar-refractivity contribution in [2.24, 2.45) is 0 Å². The van der Waals surface area contributed by atoms with Crippen molar-refractivity contribution in [3.8, 4) is 0 Å². The number of aryl methyl sites for hydroxylation is 1. The maximum absolute atomic E-state index is 14.9. The molecule has 1 atom stereocenters. The van der Waals surface area contributed by atoms with Gasteiger partial charge in [-0.1, -0.05) is 68.4 Å². The van der Waals surface area contributed by atoms with Gasteiger partial charge < -0.3 is 10.2 Å². The van der Waals surface area contributed by atoms with Gasteiger partial charge in [-0.3, -0.25) is 13.9 Å². The number of sulfonamides is 1. The molecule has 0 unspecified atom stereocenters. The molecule has 0 saturated heterocycles. The molecule has 0 saturated carbocycles. The Labute approximate surface area is 224 Å². The third kappa shape index (κ3) is 6.77. The molecule has 3 rings (SSSR count). The first kappa shape index (κ1) is 28.8. The predicted octanol–water partition coefficient (Wildman–Crippen LogP) is 4.66. The average molecular weight is 540 g/mol. The van der Waals surface area contributed by atoms with E-state index < -0.39 is 34.3 Å². The van der Waals surface area contributed by atoms with E-state index in [1.165, 1.54) is 35.2 Å². The van der Waals surface area contributed by atoms with Crippen molar-refractivity contribution in [2.75, 3.05) is 17.4 Å². The van der Waals surface area contributed by atoms with E-state index in [-0.39, 0.29) is 23.0 Å². The number of nitrogens with one attached hydrogen (secondary N) is 1. The number of rotatable bonds is 12. The number of carbonyl (C=O) groups is 2. The molecule has 38 heavy (non-hydrogen) atoms. The number of benzene rings is 3. The van der Waals surface area contributed by atoms with E-state index in [2.05, 4.69) is 5.32 Å². The van der Waals surface area contributed by atoms with Crippen LogP contribution in [0.1, 0.15) is 37.8 Å². The van der Waals surface area contributed by atoms with E-state index in [9.17, 15) is 22.4 Å². The lowest BCUT2D eigenvalue weighted by Crippen LogP contribution is -2.52. The van der Waals surface area contributed by atoms with E-state index in [1.54, 1.807) is 25.1 Å². The van der Waals surface area contributed by atoms with Crippen molar-refractivity contribution in [2.45, 2.75) is 51.1 Å². The van der Waals surface area contributed by atoms with Crippen LogP contribution in [0.2, 0.25) is 0 Å². The molecule has 3 aromatic carbocycles. The summed E-state index contributed by atoms with van der Waals surface area (Å²) in [7, 11) is -4.31. The number of hydrogen-bond donors (Lipinski definition) is 1.